The Morgan fingerprint density at radius 2 is 2.00 bits per heavy atom. The average Bonchev–Trinajstić information content (AvgIpc) is 3.12. The Kier molecular flexibility index (Phi) is 5.58. The number of nitrogens with zero attached hydrogens (tertiary/aromatic N) is 2. The van der Waals surface area contributed by atoms with Crippen LogP contribution in [0.15, 0.2) is 52.1 Å². The maximum absolute atomic E-state index is 12.2. The maximum atomic E-state index is 12.2. The van der Waals surface area contributed by atoms with Gasteiger partial charge < -0.3 is 14.5 Å². The molecule has 1 aromatic heterocycles. The molecule has 1 N–H and O–H groups in total. The average molecular weight is 369 g/mol. The van der Waals surface area contributed by atoms with Crippen molar-refractivity contribution in [1.82, 2.24) is 10.2 Å². The number of rotatable bonds is 6. The van der Waals surface area contributed by atoms with Gasteiger partial charge in [-0.25, -0.2) is 0 Å². The van der Waals surface area contributed by atoms with E-state index in [4.69, 9.17) is 9.15 Å². The van der Waals surface area contributed by atoms with Crippen LogP contribution in [-0.4, -0.2) is 29.0 Å². The molecule has 134 valence electrons. The molecule has 7 heteroatoms. The number of hydrogen-bond acceptors (Lipinski definition) is 6. The van der Waals surface area contributed by atoms with Crippen LogP contribution in [0.25, 0.3) is 11.5 Å². The number of aryl methyl sites for hydroxylation is 2. The summed E-state index contributed by atoms with van der Waals surface area (Å²) in [5.41, 5.74) is 3.65. The molecule has 1 amide bonds. The van der Waals surface area contributed by atoms with Gasteiger partial charge in [-0.3, -0.25) is 4.79 Å². The molecule has 0 aliphatic carbocycles. The van der Waals surface area contributed by atoms with E-state index in [0.717, 1.165) is 16.8 Å². The minimum absolute atomic E-state index is 0.124. The molecular weight excluding hydrogens is 350 g/mol. The number of benzene rings is 2. The van der Waals surface area contributed by atoms with Gasteiger partial charge in [-0.05, 0) is 43.2 Å². The highest BCUT2D eigenvalue weighted by molar-refractivity contribution is 7.99. The number of hydrogen-bond donors (Lipinski definition) is 1. The SMILES string of the molecule is COc1ccccc1-c1nnc(SCC(=O)Nc2cc(C)ccc2C)o1. The number of nitrogens with one attached hydrogen (secondary N) is 1. The maximum Gasteiger partial charge on any atom is 0.277 e. The summed E-state index contributed by atoms with van der Waals surface area (Å²) in [7, 11) is 1.59. The minimum atomic E-state index is -0.124. The van der Waals surface area contributed by atoms with E-state index in [0.29, 0.717) is 22.4 Å². The second-order valence-corrected chi connectivity index (χ2v) is 6.66. The van der Waals surface area contributed by atoms with Crippen molar-refractivity contribution >= 4 is 23.4 Å². The van der Waals surface area contributed by atoms with Crippen LogP contribution in [0.5, 0.6) is 5.75 Å². The van der Waals surface area contributed by atoms with Crippen molar-refractivity contribution in [2.75, 3.05) is 18.2 Å². The Hall–Kier alpha value is -2.80. The van der Waals surface area contributed by atoms with Gasteiger partial charge >= 0.3 is 0 Å². The molecule has 0 atom stereocenters. The molecule has 2 aromatic carbocycles. The Morgan fingerprint density at radius 3 is 2.81 bits per heavy atom. The Bertz CT molecular complexity index is 924. The minimum Gasteiger partial charge on any atom is -0.496 e. The van der Waals surface area contributed by atoms with E-state index in [-0.39, 0.29) is 11.7 Å². The van der Waals surface area contributed by atoms with Crippen LogP contribution in [-0.2, 0) is 4.79 Å². The first kappa shape index (κ1) is 18.0. The number of anilines is 1. The molecule has 0 aliphatic rings. The second kappa shape index (κ2) is 8.05. The molecule has 0 saturated heterocycles. The largest absolute Gasteiger partial charge is 0.496 e. The van der Waals surface area contributed by atoms with E-state index in [1.54, 1.807) is 7.11 Å². The molecule has 0 saturated carbocycles. The normalized spacial score (nSPS) is 10.6. The fourth-order valence-corrected chi connectivity index (χ4v) is 2.95. The zero-order valence-corrected chi connectivity index (χ0v) is 15.6. The summed E-state index contributed by atoms with van der Waals surface area (Å²) in [5.74, 6) is 1.07. The van der Waals surface area contributed by atoms with E-state index in [9.17, 15) is 4.79 Å². The van der Waals surface area contributed by atoms with E-state index >= 15 is 0 Å². The fraction of sp³-hybridized carbons (Fsp3) is 0.211. The van der Waals surface area contributed by atoms with Crippen LogP contribution in [0.2, 0.25) is 0 Å². The predicted molar refractivity (Wildman–Crippen MR) is 102 cm³/mol. The lowest BCUT2D eigenvalue weighted by Gasteiger charge is -2.08. The molecule has 0 radical (unpaired) electrons. The molecule has 1 heterocycles. The summed E-state index contributed by atoms with van der Waals surface area (Å²) < 4.78 is 10.9. The van der Waals surface area contributed by atoms with Crippen molar-refractivity contribution in [2.45, 2.75) is 19.1 Å². The number of amides is 1. The smallest absolute Gasteiger partial charge is 0.277 e. The number of carbonyl (C=O) groups is 1. The summed E-state index contributed by atoms with van der Waals surface area (Å²) >= 11 is 1.19. The fourth-order valence-electron chi connectivity index (χ4n) is 2.38. The Morgan fingerprint density at radius 1 is 1.19 bits per heavy atom. The third-order valence-electron chi connectivity index (χ3n) is 3.74. The summed E-state index contributed by atoms with van der Waals surface area (Å²) in [4.78, 5) is 12.2. The van der Waals surface area contributed by atoms with Crippen molar-refractivity contribution in [3.63, 3.8) is 0 Å². The van der Waals surface area contributed by atoms with E-state index in [2.05, 4.69) is 15.5 Å². The highest BCUT2D eigenvalue weighted by Gasteiger charge is 2.14. The number of thioether (sulfide) groups is 1. The molecule has 6 nitrogen and oxygen atoms in total. The van der Waals surface area contributed by atoms with Gasteiger partial charge in [0.2, 0.25) is 5.91 Å². The van der Waals surface area contributed by atoms with Gasteiger partial charge in [-0.2, -0.15) is 0 Å². The number of methoxy groups -OCH3 is 1. The summed E-state index contributed by atoms with van der Waals surface area (Å²) in [6, 6.07) is 13.3. The van der Waals surface area contributed by atoms with Gasteiger partial charge in [0.05, 0.1) is 18.4 Å². The van der Waals surface area contributed by atoms with Crippen molar-refractivity contribution in [1.29, 1.82) is 0 Å². The number of carbonyl (C=O) groups excluding carboxylic acids is 1. The third kappa shape index (κ3) is 4.23. The standard InChI is InChI=1S/C19H19N3O3S/c1-12-8-9-13(2)15(10-12)20-17(23)11-26-19-22-21-18(25-19)14-6-4-5-7-16(14)24-3/h4-10H,11H2,1-3H3,(H,20,23). The first-order valence-electron chi connectivity index (χ1n) is 8.03. The second-order valence-electron chi connectivity index (χ2n) is 5.73. The molecule has 0 fully saturated rings. The van der Waals surface area contributed by atoms with Gasteiger partial charge in [0, 0.05) is 5.69 Å². The van der Waals surface area contributed by atoms with Crippen LogP contribution in [0.3, 0.4) is 0 Å². The van der Waals surface area contributed by atoms with Crippen LogP contribution in [0.1, 0.15) is 11.1 Å². The van der Waals surface area contributed by atoms with E-state index in [1.165, 1.54) is 11.8 Å². The van der Waals surface area contributed by atoms with Gasteiger partial charge in [-0.1, -0.05) is 36.0 Å². The summed E-state index contributed by atoms with van der Waals surface area (Å²) in [6.07, 6.45) is 0. The quantitative estimate of drug-likeness (QED) is 0.660. The van der Waals surface area contributed by atoms with Crippen molar-refractivity contribution in [3.8, 4) is 17.2 Å². The van der Waals surface area contributed by atoms with Crippen LogP contribution < -0.4 is 10.1 Å². The Labute approximate surface area is 156 Å². The molecule has 0 bridgehead atoms. The Balaban J connectivity index is 1.63. The zero-order valence-electron chi connectivity index (χ0n) is 14.8. The lowest BCUT2D eigenvalue weighted by Crippen LogP contribution is -2.14. The van der Waals surface area contributed by atoms with Crippen LogP contribution in [0.4, 0.5) is 5.69 Å². The molecule has 3 rings (SSSR count). The van der Waals surface area contributed by atoms with Crippen LogP contribution >= 0.6 is 11.8 Å². The zero-order chi connectivity index (χ0) is 18.5. The third-order valence-corrected chi connectivity index (χ3v) is 4.56. The predicted octanol–water partition coefficient (Wildman–Crippen LogP) is 4.09. The van der Waals surface area contributed by atoms with E-state index < -0.39 is 0 Å². The van der Waals surface area contributed by atoms with Crippen molar-refractivity contribution in [2.24, 2.45) is 0 Å². The molecule has 26 heavy (non-hydrogen) atoms. The molecule has 3 aromatic rings. The number of aromatic nitrogens is 2. The summed E-state index contributed by atoms with van der Waals surface area (Å²) in [6.45, 7) is 3.95. The lowest BCUT2D eigenvalue weighted by atomic mass is 10.1. The highest BCUT2D eigenvalue weighted by atomic mass is 32.2. The van der Waals surface area contributed by atoms with E-state index in [1.807, 2.05) is 56.3 Å². The van der Waals surface area contributed by atoms with Gasteiger partial charge in [-0.15, -0.1) is 10.2 Å². The summed E-state index contributed by atoms with van der Waals surface area (Å²) in [5, 5.41) is 11.3. The van der Waals surface area contributed by atoms with Crippen molar-refractivity contribution in [3.05, 3.63) is 53.6 Å². The molecule has 0 aliphatic heterocycles. The van der Waals surface area contributed by atoms with Gasteiger partial charge in [0.1, 0.15) is 5.75 Å². The molecule has 0 spiro atoms. The first-order chi connectivity index (χ1) is 12.6. The van der Waals surface area contributed by atoms with Gasteiger partial charge in [0.15, 0.2) is 0 Å². The lowest BCUT2D eigenvalue weighted by molar-refractivity contribution is -0.113. The number of ether oxygens (including phenoxy) is 1. The highest BCUT2D eigenvalue weighted by Crippen LogP contribution is 2.30. The first-order valence-corrected chi connectivity index (χ1v) is 9.02. The molecule has 0 unspecified atom stereocenters. The monoisotopic (exact) mass is 369 g/mol. The number of para-hydroxylation sites is 1. The van der Waals surface area contributed by atoms with Crippen LogP contribution in [0, 0.1) is 13.8 Å². The molecular formula is C19H19N3O3S. The topological polar surface area (TPSA) is 77.2 Å². The van der Waals surface area contributed by atoms with Crippen molar-refractivity contribution < 1.29 is 13.9 Å². The van der Waals surface area contributed by atoms with Gasteiger partial charge in [0.25, 0.3) is 11.1 Å².